The molecule has 1 aromatic carbocycles. The summed E-state index contributed by atoms with van der Waals surface area (Å²) in [5, 5.41) is 3.49. The molecule has 1 aliphatic rings. The van der Waals surface area contributed by atoms with Gasteiger partial charge < -0.3 is 10.1 Å². The highest BCUT2D eigenvalue weighted by Crippen LogP contribution is 2.32. The topological polar surface area (TPSA) is 24.5 Å². The van der Waals surface area contributed by atoms with Crippen molar-refractivity contribution in [2.45, 2.75) is 19.0 Å². The molecule has 1 saturated heterocycles. The van der Waals surface area contributed by atoms with Crippen LogP contribution >= 0.6 is 11.8 Å². The summed E-state index contributed by atoms with van der Waals surface area (Å²) in [5.74, 6) is 3.38. The van der Waals surface area contributed by atoms with Crippen LogP contribution in [0.25, 0.3) is 0 Å². The lowest BCUT2D eigenvalue weighted by atomic mass is 9.96. The lowest BCUT2D eigenvalue weighted by Crippen LogP contribution is -2.47. The molecule has 0 radical (unpaired) electrons. The first-order valence-electron chi connectivity index (χ1n) is 6.77. The number of nitrogens with zero attached hydrogens (tertiary/aromatic N) is 1. The first-order chi connectivity index (χ1) is 9.17. The van der Waals surface area contributed by atoms with E-state index in [1.807, 2.05) is 18.8 Å². The van der Waals surface area contributed by atoms with Crippen molar-refractivity contribution in [1.82, 2.24) is 10.2 Å². The summed E-state index contributed by atoms with van der Waals surface area (Å²) >= 11 is 2.04. The third kappa shape index (κ3) is 3.25. The van der Waals surface area contributed by atoms with Gasteiger partial charge in [-0.1, -0.05) is 17.7 Å². The Morgan fingerprint density at radius 3 is 2.89 bits per heavy atom. The van der Waals surface area contributed by atoms with Gasteiger partial charge in [-0.15, -0.1) is 0 Å². The fourth-order valence-electron chi connectivity index (χ4n) is 2.71. The summed E-state index contributed by atoms with van der Waals surface area (Å²) in [5.41, 5.74) is 2.55. The van der Waals surface area contributed by atoms with E-state index in [1.165, 1.54) is 22.6 Å². The molecule has 2 rings (SSSR count). The van der Waals surface area contributed by atoms with Crippen LogP contribution in [0.5, 0.6) is 5.75 Å². The third-order valence-corrected chi connectivity index (χ3v) is 4.91. The van der Waals surface area contributed by atoms with Crippen molar-refractivity contribution in [3.8, 4) is 5.75 Å². The van der Waals surface area contributed by atoms with Crippen LogP contribution < -0.4 is 10.1 Å². The monoisotopic (exact) mass is 280 g/mol. The molecule has 0 aromatic heterocycles. The van der Waals surface area contributed by atoms with E-state index in [2.05, 4.69) is 42.4 Å². The summed E-state index contributed by atoms with van der Waals surface area (Å²) in [4.78, 5) is 2.46. The maximum Gasteiger partial charge on any atom is 0.123 e. The molecule has 1 aliphatic heterocycles. The summed E-state index contributed by atoms with van der Waals surface area (Å²) in [7, 11) is 6.01. The average molecular weight is 280 g/mol. The highest BCUT2D eigenvalue weighted by molar-refractivity contribution is 7.99. The van der Waals surface area contributed by atoms with Crippen LogP contribution in [0.15, 0.2) is 18.2 Å². The maximum atomic E-state index is 5.54. The predicted octanol–water partition coefficient (Wildman–Crippen LogP) is 2.31. The SMILES string of the molecule is CNC(c1cc(C)ccc1OC)C1CSCCN1C. The fourth-order valence-corrected chi connectivity index (χ4v) is 3.98. The Bertz CT molecular complexity index is 425. The van der Waals surface area contributed by atoms with Crippen molar-refractivity contribution < 1.29 is 4.74 Å². The van der Waals surface area contributed by atoms with E-state index in [-0.39, 0.29) is 0 Å². The standard InChI is InChI=1S/C15H24N2OS/c1-11-5-6-14(18-4)12(9-11)15(16-2)13-10-19-8-7-17(13)3/h5-6,9,13,15-16H,7-8,10H2,1-4H3. The molecule has 0 amide bonds. The number of hydrogen-bond acceptors (Lipinski definition) is 4. The van der Waals surface area contributed by atoms with Gasteiger partial charge in [0, 0.05) is 29.7 Å². The highest BCUT2D eigenvalue weighted by Gasteiger charge is 2.29. The molecule has 1 aromatic rings. The molecular weight excluding hydrogens is 256 g/mol. The minimum atomic E-state index is 0.313. The van der Waals surface area contributed by atoms with E-state index in [0.29, 0.717) is 12.1 Å². The Morgan fingerprint density at radius 2 is 2.26 bits per heavy atom. The normalized spacial score (nSPS) is 22.2. The molecule has 106 valence electrons. The number of methoxy groups -OCH3 is 1. The predicted molar refractivity (Wildman–Crippen MR) is 83.3 cm³/mol. The van der Waals surface area contributed by atoms with Crippen molar-refractivity contribution in [2.75, 3.05) is 39.3 Å². The van der Waals surface area contributed by atoms with Gasteiger partial charge in [0.25, 0.3) is 0 Å². The van der Waals surface area contributed by atoms with Gasteiger partial charge in [0.1, 0.15) is 5.75 Å². The van der Waals surface area contributed by atoms with Gasteiger partial charge in [-0.2, -0.15) is 11.8 Å². The number of hydrogen-bond donors (Lipinski definition) is 1. The molecule has 1 N–H and O–H groups in total. The van der Waals surface area contributed by atoms with Gasteiger partial charge >= 0.3 is 0 Å². The number of aryl methyl sites for hydroxylation is 1. The zero-order chi connectivity index (χ0) is 13.8. The van der Waals surface area contributed by atoms with Gasteiger partial charge in [-0.05, 0) is 27.1 Å². The highest BCUT2D eigenvalue weighted by atomic mass is 32.2. The van der Waals surface area contributed by atoms with Crippen LogP contribution in [0.1, 0.15) is 17.2 Å². The quantitative estimate of drug-likeness (QED) is 0.915. The number of thioether (sulfide) groups is 1. The lowest BCUT2D eigenvalue weighted by Gasteiger charge is -2.38. The Balaban J connectivity index is 2.32. The van der Waals surface area contributed by atoms with Crippen molar-refractivity contribution in [2.24, 2.45) is 0 Å². The molecule has 0 spiro atoms. The second-order valence-electron chi connectivity index (χ2n) is 5.13. The Labute approximate surface area is 120 Å². The zero-order valence-electron chi connectivity index (χ0n) is 12.3. The zero-order valence-corrected chi connectivity index (χ0v) is 13.1. The van der Waals surface area contributed by atoms with Crippen LogP contribution in [0, 0.1) is 6.92 Å². The number of ether oxygens (including phenoxy) is 1. The first-order valence-corrected chi connectivity index (χ1v) is 7.92. The smallest absolute Gasteiger partial charge is 0.123 e. The van der Waals surface area contributed by atoms with Gasteiger partial charge in [-0.25, -0.2) is 0 Å². The van der Waals surface area contributed by atoms with Crippen molar-refractivity contribution in [3.63, 3.8) is 0 Å². The van der Waals surface area contributed by atoms with Gasteiger partial charge in [0.2, 0.25) is 0 Å². The number of benzene rings is 1. The summed E-state index contributed by atoms with van der Waals surface area (Å²) in [6, 6.07) is 7.25. The molecule has 4 heteroatoms. The van der Waals surface area contributed by atoms with Crippen molar-refractivity contribution >= 4 is 11.8 Å². The molecule has 1 fully saturated rings. The number of likely N-dealkylation sites (N-methyl/N-ethyl adjacent to an activating group) is 2. The van der Waals surface area contributed by atoms with E-state index in [4.69, 9.17) is 4.74 Å². The molecule has 0 bridgehead atoms. The Kier molecular flexibility index (Phi) is 5.13. The summed E-state index contributed by atoms with van der Waals surface area (Å²) in [6.45, 7) is 3.29. The number of rotatable bonds is 4. The van der Waals surface area contributed by atoms with E-state index in [9.17, 15) is 0 Å². The van der Waals surface area contributed by atoms with E-state index in [1.54, 1.807) is 7.11 Å². The molecule has 1 heterocycles. The first kappa shape index (κ1) is 14.7. The third-order valence-electron chi connectivity index (χ3n) is 3.86. The molecule has 19 heavy (non-hydrogen) atoms. The van der Waals surface area contributed by atoms with E-state index < -0.39 is 0 Å². The molecule has 3 nitrogen and oxygen atoms in total. The van der Waals surface area contributed by atoms with Crippen LogP contribution in [-0.4, -0.2) is 50.2 Å². The largest absolute Gasteiger partial charge is 0.496 e. The van der Waals surface area contributed by atoms with Crippen LogP contribution in [-0.2, 0) is 0 Å². The van der Waals surface area contributed by atoms with Crippen molar-refractivity contribution in [1.29, 1.82) is 0 Å². The Hall–Kier alpha value is -0.710. The Morgan fingerprint density at radius 1 is 1.47 bits per heavy atom. The number of nitrogens with one attached hydrogen (secondary N) is 1. The second-order valence-corrected chi connectivity index (χ2v) is 6.28. The van der Waals surface area contributed by atoms with Crippen molar-refractivity contribution in [3.05, 3.63) is 29.3 Å². The van der Waals surface area contributed by atoms with Crippen LogP contribution in [0.3, 0.4) is 0 Å². The lowest BCUT2D eigenvalue weighted by molar-refractivity contribution is 0.218. The minimum Gasteiger partial charge on any atom is -0.496 e. The second kappa shape index (κ2) is 6.64. The minimum absolute atomic E-state index is 0.313. The molecule has 2 atom stereocenters. The average Bonchev–Trinajstić information content (AvgIpc) is 2.42. The summed E-state index contributed by atoms with van der Waals surface area (Å²) < 4.78 is 5.54. The van der Waals surface area contributed by atoms with Crippen LogP contribution in [0.4, 0.5) is 0 Å². The van der Waals surface area contributed by atoms with Gasteiger partial charge in [0.05, 0.1) is 13.2 Å². The van der Waals surface area contributed by atoms with Crippen LogP contribution in [0.2, 0.25) is 0 Å². The maximum absolute atomic E-state index is 5.54. The van der Waals surface area contributed by atoms with E-state index in [0.717, 1.165) is 12.3 Å². The molecule has 0 aliphatic carbocycles. The van der Waals surface area contributed by atoms with E-state index >= 15 is 0 Å². The van der Waals surface area contributed by atoms with Gasteiger partial charge in [-0.3, -0.25) is 4.90 Å². The molecule has 0 saturated carbocycles. The molecular formula is C15H24N2OS. The molecule has 2 unspecified atom stereocenters. The fraction of sp³-hybridized carbons (Fsp3) is 0.600. The summed E-state index contributed by atoms with van der Waals surface area (Å²) in [6.07, 6.45) is 0. The van der Waals surface area contributed by atoms with Gasteiger partial charge in [0.15, 0.2) is 0 Å².